The highest BCUT2D eigenvalue weighted by Gasteiger charge is 2.18. The standard InChI is InChI=1S/C31H22N2O8/c1-40-18-3-5-24-20(10-18)28(34)21-13-27-23(12-25(21)32-24)29(35)22-11-19(41-2)4-6-26(22)33(27)14-15-7-16(30(36)37)9-17(8-15)31(38)39/h3-13H,14H2,1-2H3,(H,32,34)(H,36,37)(H,38,39). The summed E-state index contributed by atoms with van der Waals surface area (Å²) >= 11 is 0. The van der Waals surface area contributed by atoms with Gasteiger partial charge in [0.15, 0.2) is 10.9 Å². The van der Waals surface area contributed by atoms with Gasteiger partial charge in [-0.25, -0.2) is 9.59 Å². The first-order valence-corrected chi connectivity index (χ1v) is 12.5. The highest BCUT2D eigenvalue weighted by Crippen LogP contribution is 2.28. The third-order valence-electron chi connectivity index (χ3n) is 7.22. The van der Waals surface area contributed by atoms with Gasteiger partial charge in [0, 0.05) is 28.1 Å². The van der Waals surface area contributed by atoms with Crippen LogP contribution in [-0.2, 0) is 6.54 Å². The normalized spacial score (nSPS) is 11.4. The zero-order valence-corrected chi connectivity index (χ0v) is 21.8. The molecular formula is C31H22N2O8. The Labute approximate surface area is 230 Å². The van der Waals surface area contributed by atoms with E-state index >= 15 is 0 Å². The number of nitrogens with zero attached hydrogens (tertiary/aromatic N) is 1. The van der Waals surface area contributed by atoms with Crippen LogP contribution < -0.4 is 20.3 Å². The van der Waals surface area contributed by atoms with Crippen molar-refractivity contribution in [3.63, 3.8) is 0 Å². The van der Waals surface area contributed by atoms with E-state index in [1.165, 1.54) is 26.4 Å². The summed E-state index contributed by atoms with van der Waals surface area (Å²) in [7, 11) is 3.00. The molecule has 10 nitrogen and oxygen atoms in total. The average Bonchev–Trinajstić information content (AvgIpc) is 2.98. The molecule has 0 saturated carbocycles. The fraction of sp³-hybridized carbons (Fsp3) is 0.0968. The number of carboxylic acid groups (broad SMARTS) is 2. The van der Waals surface area contributed by atoms with Crippen LogP contribution in [0.4, 0.5) is 0 Å². The summed E-state index contributed by atoms with van der Waals surface area (Å²) in [4.78, 5) is 54.2. The maximum absolute atomic E-state index is 13.8. The molecule has 0 aliphatic rings. The maximum atomic E-state index is 13.8. The number of hydrogen-bond acceptors (Lipinski definition) is 6. The van der Waals surface area contributed by atoms with Gasteiger partial charge in [0.05, 0.1) is 47.4 Å². The van der Waals surface area contributed by atoms with E-state index in [1.54, 1.807) is 53.1 Å². The number of ether oxygens (including phenoxy) is 2. The molecule has 6 rings (SSSR count). The fourth-order valence-corrected chi connectivity index (χ4v) is 5.24. The molecule has 0 fully saturated rings. The van der Waals surface area contributed by atoms with Gasteiger partial charge in [0.1, 0.15) is 11.5 Å². The summed E-state index contributed by atoms with van der Waals surface area (Å²) < 4.78 is 12.4. The minimum absolute atomic E-state index is 0.0197. The Morgan fingerprint density at radius 3 is 1.88 bits per heavy atom. The summed E-state index contributed by atoms with van der Waals surface area (Å²) in [6.07, 6.45) is 0. The van der Waals surface area contributed by atoms with Gasteiger partial charge in [-0.2, -0.15) is 0 Å². The molecule has 204 valence electrons. The monoisotopic (exact) mass is 550 g/mol. The predicted molar refractivity (Wildman–Crippen MR) is 154 cm³/mol. The largest absolute Gasteiger partial charge is 0.497 e. The Bertz CT molecular complexity index is 2180. The van der Waals surface area contributed by atoms with Gasteiger partial charge in [0.25, 0.3) is 0 Å². The van der Waals surface area contributed by atoms with Crippen LogP contribution in [0.25, 0.3) is 43.6 Å². The smallest absolute Gasteiger partial charge is 0.335 e. The molecule has 2 aromatic heterocycles. The second kappa shape index (κ2) is 9.53. The molecule has 0 unspecified atom stereocenters. The van der Waals surface area contributed by atoms with Gasteiger partial charge in [-0.15, -0.1) is 0 Å². The van der Waals surface area contributed by atoms with Gasteiger partial charge in [-0.3, -0.25) is 9.59 Å². The van der Waals surface area contributed by atoms with Crippen LogP contribution in [0.2, 0.25) is 0 Å². The first kappa shape index (κ1) is 25.6. The summed E-state index contributed by atoms with van der Waals surface area (Å²) in [6.45, 7) is 0.0197. The Morgan fingerprint density at radius 2 is 1.24 bits per heavy atom. The van der Waals surface area contributed by atoms with Crippen molar-refractivity contribution in [3.05, 3.63) is 104 Å². The number of nitrogens with one attached hydrogen (secondary N) is 1. The number of H-pyrrole nitrogens is 1. The maximum Gasteiger partial charge on any atom is 0.335 e. The number of aromatic carboxylic acids is 2. The molecule has 0 radical (unpaired) electrons. The molecule has 0 spiro atoms. The van der Waals surface area contributed by atoms with E-state index in [1.807, 2.05) is 0 Å². The molecule has 10 heteroatoms. The lowest BCUT2D eigenvalue weighted by molar-refractivity contribution is 0.0696. The first-order chi connectivity index (χ1) is 19.7. The number of aromatic amines is 1. The third kappa shape index (κ3) is 4.22. The van der Waals surface area contributed by atoms with Crippen molar-refractivity contribution in [2.75, 3.05) is 14.2 Å². The van der Waals surface area contributed by atoms with Gasteiger partial charge in [-0.05, 0) is 72.3 Å². The molecule has 0 aliphatic carbocycles. The highest BCUT2D eigenvalue weighted by atomic mass is 16.5. The second-order valence-electron chi connectivity index (χ2n) is 9.61. The van der Waals surface area contributed by atoms with Crippen LogP contribution >= 0.6 is 0 Å². The second-order valence-corrected chi connectivity index (χ2v) is 9.61. The van der Waals surface area contributed by atoms with Gasteiger partial charge < -0.3 is 29.2 Å². The number of benzene rings is 4. The number of carboxylic acids is 2. The molecule has 0 aliphatic heterocycles. The van der Waals surface area contributed by atoms with Crippen molar-refractivity contribution in [2.24, 2.45) is 0 Å². The molecular weight excluding hydrogens is 528 g/mol. The van der Waals surface area contributed by atoms with Gasteiger partial charge in [0.2, 0.25) is 0 Å². The molecule has 0 atom stereocenters. The van der Waals surface area contributed by atoms with E-state index in [0.717, 1.165) is 6.07 Å². The van der Waals surface area contributed by atoms with Crippen LogP contribution in [0.5, 0.6) is 11.5 Å². The third-order valence-corrected chi connectivity index (χ3v) is 7.22. The van der Waals surface area contributed by atoms with Crippen LogP contribution in [0.3, 0.4) is 0 Å². The Morgan fingerprint density at radius 1 is 0.683 bits per heavy atom. The topological polar surface area (TPSA) is 148 Å². The summed E-state index contributed by atoms with van der Waals surface area (Å²) in [6, 6.07) is 17.2. The molecule has 2 heterocycles. The number of carbonyl (C=O) groups is 2. The van der Waals surface area contributed by atoms with E-state index in [9.17, 15) is 29.4 Å². The first-order valence-electron chi connectivity index (χ1n) is 12.5. The van der Waals surface area contributed by atoms with Crippen molar-refractivity contribution < 1.29 is 29.3 Å². The van der Waals surface area contributed by atoms with Gasteiger partial charge in [-0.1, -0.05) is 0 Å². The van der Waals surface area contributed by atoms with Crippen LogP contribution in [0.15, 0.2) is 76.3 Å². The number of rotatable bonds is 6. The lowest BCUT2D eigenvalue weighted by atomic mass is 10.0. The summed E-state index contributed by atoms with van der Waals surface area (Å²) in [5.74, 6) is -1.55. The van der Waals surface area contributed by atoms with E-state index in [0.29, 0.717) is 60.7 Å². The molecule has 3 N–H and O–H groups in total. The zero-order valence-electron chi connectivity index (χ0n) is 21.8. The molecule has 0 bridgehead atoms. The van der Waals surface area contributed by atoms with Crippen LogP contribution in [0, 0.1) is 0 Å². The molecule has 0 amide bonds. The fourth-order valence-electron chi connectivity index (χ4n) is 5.24. The minimum atomic E-state index is -1.27. The number of pyridine rings is 2. The average molecular weight is 551 g/mol. The molecule has 41 heavy (non-hydrogen) atoms. The SMILES string of the molecule is COc1ccc2[nH]c3cc4c(=O)c5cc(OC)ccc5n(Cc5cc(C(=O)O)cc(C(=O)O)c5)c4cc3c(=O)c2c1. The van der Waals surface area contributed by atoms with Crippen molar-refractivity contribution in [3.8, 4) is 11.5 Å². The Balaban J connectivity index is 1.72. The van der Waals surface area contributed by atoms with Gasteiger partial charge >= 0.3 is 11.9 Å². The van der Waals surface area contributed by atoms with Crippen LogP contribution in [0.1, 0.15) is 26.3 Å². The minimum Gasteiger partial charge on any atom is -0.497 e. The van der Waals surface area contributed by atoms with Crippen molar-refractivity contribution in [1.29, 1.82) is 0 Å². The number of methoxy groups -OCH3 is 2. The molecule has 4 aromatic carbocycles. The lowest BCUT2D eigenvalue weighted by Gasteiger charge is -2.17. The van der Waals surface area contributed by atoms with Crippen molar-refractivity contribution >= 4 is 55.6 Å². The number of hydrogen-bond donors (Lipinski definition) is 3. The van der Waals surface area contributed by atoms with E-state index in [2.05, 4.69) is 4.98 Å². The van der Waals surface area contributed by atoms with Crippen molar-refractivity contribution in [2.45, 2.75) is 6.54 Å². The highest BCUT2D eigenvalue weighted by molar-refractivity contribution is 6.03. The quantitative estimate of drug-likeness (QED) is 0.255. The van der Waals surface area contributed by atoms with E-state index in [4.69, 9.17) is 9.47 Å². The molecule has 0 saturated heterocycles. The summed E-state index contributed by atoms with van der Waals surface area (Å²) in [5.41, 5.74) is 1.45. The Hall–Kier alpha value is -5.64. The van der Waals surface area contributed by atoms with Crippen LogP contribution in [-0.4, -0.2) is 45.9 Å². The van der Waals surface area contributed by atoms with E-state index in [-0.39, 0.29) is 28.5 Å². The number of fused-ring (bicyclic) bond motifs is 4. The molecule has 6 aromatic rings. The summed E-state index contributed by atoms with van der Waals surface area (Å²) in [5, 5.41) is 20.6. The number of aromatic nitrogens is 2. The van der Waals surface area contributed by atoms with E-state index < -0.39 is 11.9 Å². The van der Waals surface area contributed by atoms with Crippen molar-refractivity contribution in [1.82, 2.24) is 9.55 Å². The lowest BCUT2D eigenvalue weighted by Crippen LogP contribution is -2.15. The Kier molecular flexibility index (Phi) is 5.95. The predicted octanol–water partition coefficient (Wildman–Crippen LogP) is 4.61. The zero-order chi connectivity index (χ0) is 29.0.